The first-order valence-electron chi connectivity index (χ1n) is 5.11. The zero-order valence-electron chi connectivity index (χ0n) is 8.73. The van der Waals surface area contributed by atoms with E-state index >= 15 is 0 Å². The molecule has 0 aromatic heterocycles. The third kappa shape index (κ3) is 2.24. The summed E-state index contributed by atoms with van der Waals surface area (Å²) in [6.45, 7) is 4.25. The van der Waals surface area contributed by atoms with Crippen LogP contribution in [-0.2, 0) is 4.74 Å². The van der Waals surface area contributed by atoms with Gasteiger partial charge in [-0.2, -0.15) is 0 Å². The van der Waals surface area contributed by atoms with Crippen molar-refractivity contribution in [2.24, 2.45) is 0 Å². The predicted octanol–water partition coefficient (Wildman–Crippen LogP) is 3.48. The van der Waals surface area contributed by atoms with Crippen molar-refractivity contribution in [2.75, 3.05) is 0 Å². The quantitative estimate of drug-likeness (QED) is 0.522. The molecule has 1 saturated heterocycles. The van der Waals surface area contributed by atoms with E-state index < -0.39 is 0 Å². The van der Waals surface area contributed by atoms with Crippen molar-refractivity contribution in [2.45, 2.75) is 32.5 Å². The van der Waals surface area contributed by atoms with E-state index in [1.165, 1.54) is 11.1 Å². The number of allylic oxidation sites excluding steroid dienone is 1. The number of benzene rings is 1. The minimum absolute atomic E-state index is 0.340. The van der Waals surface area contributed by atoms with Gasteiger partial charge in [-0.3, -0.25) is 0 Å². The summed E-state index contributed by atoms with van der Waals surface area (Å²) in [6.07, 6.45) is 4.04. The van der Waals surface area contributed by atoms with Crippen molar-refractivity contribution in [1.82, 2.24) is 0 Å². The van der Waals surface area contributed by atoms with E-state index in [4.69, 9.17) is 4.74 Å². The van der Waals surface area contributed by atoms with E-state index in [2.05, 4.69) is 44.2 Å². The van der Waals surface area contributed by atoms with Gasteiger partial charge in [0.1, 0.15) is 6.10 Å². The molecule has 0 bridgehead atoms. The maximum absolute atomic E-state index is 5.61. The van der Waals surface area contributed by atoms with Crippen molar-refractivity contribution in [3.63, 3.8) is 0 Å². The van der Waals surface area contributed by atoms with Crippen molar-refractivity contribution in [3.8, 4) is 0 Å². The van der Waals surface area contributed by atoms with Crippen LogP contribution in [0.2, 0.25) is 0 Å². The summed E-state index contributed by atoms with van der Waals surface area (Å²) < 4.78 is 5.61. The number of rotatable bonds is 3. The summed E-state index contributed by atoms with van der Waals surface area (Å²) in [4.78, 5) is 0. The molecule has 0 unspecified atom stereocenters. The van der Waals surface area contributed by atoms with E-state index in [-0.39, 0.29) is 0 Å². The monoisotopic (exact) mass is 188 g/mol. The van der Waals surface area contributed by atoms with Crippen molar-refractivity contribution >= 4 is 0 Å². The van der Waals surface area contributed by atoms with Crippen LogP contribution in [0.25, 0.3) is 0 Å². The van der Waals surface area contributed by atoms with Gasteiger partial charge in [0.15, 0.2) is 0 Å². The molecule has 1 heterocycles. The normalized spacial score (nSPS) is 24.4. The Balaban J connectivity index is 1.91. The van der Waals surface area contributed by atoms with Gasteiger partial charge in [0.2, 0.25) is 0 Å². The lowest BCUT2D eigenvalue weighted by atomic mass is 10.1. The fourth-order valence-electron chi connectivity index (χ4n) is 1.61. The second kappa shape index (κ2) is 3.97. The summed E-state index contributed by atoms with van der Waals surface area (Å²) in [7, 11) is 0. The molecular formula is C13H16O. The molecule has 1 nitrogen and oxygen atoms in total. The molecule has 1 aliphatic rings. The molecule has 0 spiro atoms. The number of ether oxygens (including phenoxy) is 1. The van der Waals surface area contributed by atoms with Gasteiger partial charge in [-0.05, 0) is 25.8 Å². The van der Waals surface area contributed by atoms with Crippen molar-refractivity contribution in [3.05, 3.63) is 47.5 Å². The molecular weight excluding hydrogens is 172 g/mol. The maximum Gasteiger partial charge on any atom is 0.109 e. The molecule has 0 N–H and O–H groups in total. The Morgan fingerprint density at radius 3 is 2.64 bits per heavy atom. The fraction of sp³-hybridized carbons (Fsp3) is 0.385. The molecule has 1 aromatic carbocycles. The Hall–Kier alpha value is -1.08. The summed E-state index contributed by atoms with van der Waals surface area (Å²) in [5.41, 5.74) is 2.67. The van der Waals surface area contributed by atoms with Gasteiger partial charge >= 0.3 is 0 Å². The first kappa shape index (κ1) is 9.47. The Morgan fingerprint density at radius 1 is 1.29 bits per heavy atom. The van der Waals surface area contributed by atoms with Crippen LogP contribution in [-0.4, -0.2) is 6.10 Å². The molecule has 1 aliphatic heterocycles. The zero-order chi connectivity index (χ0) is 9.97. The Kier molecular flexibility index (Phi) is 2.69. The molecule has 1 fully saturated rings. The zero-order valence-corrected chi connectivity index (χ0v) is 8.73. The minimum atomic E-state index is 0.340. The largest absolute Gasteiger partial charge is 0.364 e. The van der Waals surface area contributed by atoms with Gasteiger partial charge < -0.3 is 4.74 Å². The third-order valence-corrected chi connectivity index (χ3v) is 2.47. The van der Waals surface area contributed by atoms with Crippen LogP contribution in [0.4, 0.5) is 0 Å². The third-order valence-electron chi connectivity index (χ3n) is 2.47. The lowest BCUT2D eigenvalue weighted by Gasteiger charge is -1.93. The van der Waals surface area contributed by atoms with E-state index in [1.54, 1.807) is 0 Å². The van der Waals surface area contributed by atoms with Crippen LogP contribution in [0.3, 0.4) is 0 Å². The summed E-state index contributed by atoms with van der Waals surface area (Å²) in [6, 6.07) is 10.4. The van der Waals surface area contributed by atoms with E-state index in [1.807, 2.05) is 6.07 Å². The maximum atomic E-state index is 5.61. The van der Waals surface area contributed by atoms with Gasteiger partial charge in [-0.15, -0.1) is 0 Å². The van der Waals surface area contributed by atoms with Gasteiger partial charge in [-0.25, -0.2) is 0 Å². The van der Waals surface area contributed by atoms with E-state index in [0.29, 0.717) is 12.2 Å². The molecule has 2 atom stereocenters. The molecule has 2 rings (SSSR count). The average Bonchev–Trinajstić information content (AvgIpc) is 2.95. The van der Waals surface area contributed by atoms with Gasteiger partial charge in [0.05, 0.1) is 6.10 Å². The highest BCUT2D eigenvalue weighted by Crippen LogP contribution is 2.40. The molecule has 1 heteroatoms. The molecule has 74 valence electrons. The predicted molar refractivity (Wildman–Crippen MR) is 58.1 cm³/mol. The van der Waals surface area contributed by atoms with Crippen molar-refractivity contribution in [1.29, 1.82) is 0 Å². The molecule has 0 aliphatic carbocycles. The average molecular weight is 188 g/mol. The smallest absolute Gasteiger partial charge is 0.109 e. The lowest BCUT2D eigenvalue weighted by molar-refractivity contribution is 0.374. The topological polar surface area (TPSA) is 12.5 Å². The van der Waals surface area contributed by atoms with Crippen LogP contribution in [0, 0.1) is 0 Å². The highest BCUT2D eigenvalue weighted by molar-refractivity contribution is 5.22. The lowest BCUT2D eigenvalue weighted by Crippen LogP contribution is -1.86. The van der Waals surface area contributed by atoms with E-state index in [0.717, 1.165) is 6.42 Å². The van der Waals surface area contributed by atoms with Crippen LogP contribution in [0.5, 0.6) is 0 Å². The second-order valence-corrected chi connectivity index (χ2v) is 4.02. The first-order valence-corrected chi connectivity index (χ1v) is 5.11. The van der Waals surface area contributed by atoms with Gasteiger partial charge in [0, 0.05) is 0 Å². The Morgan fingerprint density at radius 2 is 2.00 bits per heavy atom. The van der Waals surface area contributed by atoms with Crippen molar-refractivity contribution < 1.29 is 4.74 Å². The highest BCUT2D eigenvalue weighted by atomic mass is 16.6. The standard InChI is InChI=1S/C13H16O/c1-10(2)8-9-12-13(14-12)11-6-4-3-5-7-11/h3-8,12-13H,9H2,1-2H3/t12-,13+/m0/s1. The molecule has 1 aromatic rings. The number of epoxide rings is 1. The summed E-state index contributed by atoms with van der Waals surface area (Å²) in [5, 5.41) is 0. The van der Waals surface area contributed by atoms with Gasteiger partial charge in [0.25, 0.3) is 0 Å². The fourth-order valence-corrected chi connectivity index (χ4v) is 1.61. The van der Waals surface area contributed by atoms with E-state index in [9.17, 15) is 0 Å². The van der Waals surface area contributed by atoms with Crippen LogP contribution >= 0.6 is 0 Å². The van der Waals surface area contributed by atoms with Crippen LogP contribution < -0.4 is 0 Å². The summed E-state index contributed by atoms with van der Waals surface area (Å²) in [5.74, 6) is 0. The Bertz CT molecular complexity index is 322. The SMILES string of the molecule is CC(C)=CC[C@@H]1O[C@@H]1c1ccccc1. The van der Waals surface area contributed by atoms with Crippen LogP contribution in [0.15, 0.2) is 42.0 Å². The first-order chi connectivity index (χ1) is 6.77. The summed E-state index contributed by atoms with van der Waals surface area (Å²) >= 11 is 0. The number of hydrogen-bond acceptors (Lipinski definition) is 1. The second-order valence-electron chi connectivity index (χ2n) is 4.02. The minimum Gasteiger partial charge on any atom is -0.364 e. The Labute approximate surface area is 85.4 Å². The van der Waals surface area contributed by atoms with Gasteiger partial charge in [-0.1, -0.05) is 42.0 Å². The molecule has 14 heavy (non-hydrogen) atoms. The number of hydrogen-bond donors (Lipinski definition) is 0. The molecule has 0 amide bonds. The van der Waals surface area contributed by atoms with Crippen LogP contribution in [0.1, 0.15) is 31.9 Å². The molecule has 0 saturated carbocycles. The molecule has 0 radical (unpaired) electrons. The highest BCUT2D eigenvalue weighted by Gasteiger charge is 2.38.